The molecular weight excluding hydrogens is 262 g/mol. The van der Waals surface area contributed by atoms with Crippen molar-refractivity contribution in [2.24, 2.45) is 0 Å². The van der Waals surface area contributed by atoms with Crippen molar-refractivity contribution in [3.63, 3.8) is 0 Å². The van der Waals surface area contributed by atoms with Gasteiger partial charge in [0.25, 0.3) is 0 Å². The average Bonchev–Trinajstić information content (AvgIpc) is 2.38. The predicted molar refractivity (Wildman–Crippen MR) is 76.4 cm³/mol. The van der Waals surface area contributed by atoms with Crippen LogP contribution in [0.3, 0.4) is 0 Å². The zero-order chi connectivity index (χ0) is 15.6. The van der Waals surface area contributed by atoms with Crippen LogP contribution in [0, 0.1) is 11.6 Å². The fourth-order valence-corrected chi connectivity index (χ4v) is 1.40. The molecule has 0 radical (unpaired) electrons. The molecule has 0 heterocycles. The highest BCUT2D eigenvalue weighted by atomic mass is 19.1. The quantitative estimate of drug-likeness (QED) is 0.724. The Morgan fingerprint density at radius 2 is 1.10 bits per heavy atom. The van der Waals surface area contributed by atoms with Gasteiger partial charge < -0.3 is 9.47 Å². The fraction of sp³-hybridized carbons (Fsp3) is 0.625. The maximum absolute atomic E-state index is 14.0. The first-order valence-corrected chi connectivity index (χ1v) is 6.98. The summed E-state index contributed by atoms with van der Waals surface area (Å²) in [7, 11) is 0. The SMILES string of the molecule is CCC(C)(C)Oc1c(F)ccc(F)c1OC(C)(C)CC. The van der Waals surface area contributed by atoms with E-state index in [0.29, 0.717) is 12.8 Å². The van der Waals surface area contributed by atoms with Gasteiger partial charge >= 0.3 is 0 Å². The predicted octanol–water partition coefficient (Wildman–Crippen LogP) is 5.10. The van der Waals surface area contributed by atoms with Crippen LogP contribution in [0.25, 0.3) is 0 Å². The van der Waals surface area contributed by atoms with Gasteiger partial charge in [-0.15, -0.1) is 0 Å². The van der Waals surface area contributed by atoms with Crippen LogP contribution < -0.4 is 9.47 Å². The lowest BCUT2D eigenvalue weighted by Gasteiger charge is -2.30. The van der Waals surface area contributed by atoms with Gasteiger partial charge in [0.15, 0.2) is 11.6 Å². The Hall–Kier alpha value is -1.32. The minimum atomic E-state index is -0.616. The van der Waals surface area contributed by atoms with Gasteiger partial charge in [0.1, 0.15) is 11.2 Å². The summed E-state index contributed by atoms with van der Waals surface area (Å²) in [5.74, 6) is -1.54. The second-order valence-corrected chi connectivity index (χ2v) is 6.12. The number of benzene rings is 1. The number of rotatable bonds is 6. The molecule has 20 heavy (non-hydrogen) atoms. The molecule has 0 fully saturated rings. The Morgan fingerprint density at radius 1 is 0.800 bits per heavy atom. The van der Waals surface area contributed by atoms with Crippen LogP contribution in [0.15, 0.2) is 12.1 Å². The van der Waals surface area contributed by atoms with Crippen molar-refractivity contribution in [3.05, 3.63) is 23.8 Å². The van der Waals surface area contributed by atoms with Crippen molar-refractivity contribution in [3.8, 4) is 11.5 Å². The fourth-order valence-electron chi connectivity index (χ4n) is 1.40. The van der Waals surface area contributed by atoms with E-state index in [2.05, 4.69) is 0 Å². The maximum Gasteiger partial charge on any atom is 0.200 e. The number of ether oxygens (including phenoxy) is 2. The molecule has 2 nitrogen and oxygen atoms in total. The third-order valence-electron chi connectivity index (χ3n) is 3.48. The molecule has 0 unspecified atom stereocenters. The van der Waals surface area contributed by atoms with E-state index in [9.17, 15) is 8.78 Å². The minimum Gasteiger partial charge on any atom is -0.481 e. The molecular formula is C16H24F2O2. The molecule has 0 aliphatic carbocycles. The lowest BCUT2D eigenvalue weighted by molar-refractivity contribution is 0.0649. The molecule has 0 atom stereocenters. The van der Waals surface area contributed by atoms with E-state index >= 15 is 0 Å². The van der Waals surface area contributed by atoms with Gasteiger partial charge in [-0.3, -0.25) is 0 Å². The van der Waals surface area contributed by atoms with Crippen LogP contribution in [0.4, 0.5) is 8.78 Å². The standard InChI is InChI=1S/C16H24F2O2/c1-7-15(3,4)19-13-11(17)9-10-12(18)14(13)20-16(5,6)8-2/h9-10H,7-8H2,1-6H3. The van der Waals surface area contributed by atoms with Crippen molar-refractivity contribution >= 4 is 0 Å². The van der Waals surface area contributed by atoms with E-state index in [1.807, 2.05) is 41.5 Å². The topological polar surface area (TPSA) is 18.5 Å². The van der Waals surface area contributed by atoms with Gasteiger partial charge in [-0.1, -0.05) is 13.8 Å². The zero-order valence-corrected chi connectivity index (χ0v) is 13.1. The highest BCUT2D eigenvalue weighted by molar-refractivity contribution is 5.43. The summed E-state index contributed by atoms with van der Waals surface area (Å²) in [6.07, 6.45) is 1.33. The summed E-state index contributed by atoms with van der Waals surface area (Å²) >= 11 is 0. The lowest BCUT2D eigenvalue weighted by atomic mass is 10.1. The molecule has 0 aliphatic heterocycles. The molecule has 0 aromatic heterocycles. The Balaban J connectivity index is 3.25. The van der Waals surface area contributed by atoms with Crippen molar-refractivity contribution in [2.75, 3.05) is 0 Å². The Bertz CT molecular complexity index is 425. The highest BCUT2D eigenvalue weighted by Crippen LogP contribution is 2.38. The first-order valence-electron chi connectivity index (χ1n) is 6.98. The number of hydrogen-bond donors (Lipinski definition) is 0. The molecule has 0 saturated heterocycles. The molecule has 0 N–H and O–H groups in total. The molecule has 0 spiro atoms. The monoisotopic (exact) mass is 286 g/mol. The molecule has 0 saturated carbocycles. The molecule has 1 aromatic carbocycles. The van der Waals surface area contributed by atoms with E-state index in [1.54, 1.807) is 0 Å². The minimum absolute atomic E-state index is 0.154. The largest absolute Gasteiger partial charge is 0.481 e. The highest BCUT2D eigenvalue weighted by Gasteiger charge is 2.28. The second-order valence-electron chi connectivity index (χ2n) is 6.12. The van der Waals surface area contributed by atoms with Gasteiger partial charge in [0.2, 0.25) is 11.5 Å². The van der Waals surface area contributed by atoms with Crippen molar-refractivity contribution < 1.29 is 18.3 Å². The van der Waals surface area contributed by atoms with Crippen molar-refractivity contribution in [2.45, 2.75) is 65.6 Å². The van der Waals surface area contributed by atoms with Gasteiger partial charge in [0, 0.05) is 0 Å². The van der Waals surface area contributed by atoms with Gasteiger partial charge in [0.05, 0.1) is 0 Å². The molecule has 0 aliphatic rings. The number of halogens is 2. The van der Waals surface area contributed by atoms with Gasteiger partial charge in [-0.2, -0.15) is 0 Å². The second kappa shape index (κ2) is 5.98. The van der Waals surface area contributed by atoms with Crippen molar-refractivity contribution in [1.82, 2.24) is 0 Å². The first-order chi connectivity index (χ1) is 9.12. The lowest BCUT2D eigenvalue weighted by Crippen LogP contribution is -2.30. The van der Waals surface area contributed by atoms with Crippen LogP contribution >= 0.6 is 0 Å². The summed E-state index contributed by atoms with van der Waals surface area (Å²) in [6.45, 7) is 11.2. The maximum atomic E-state index is 14.0. The smallest absolute Gasteiger partial charge is 0.200 e. The van der Waals surface area contributed by atoms with Crippen LogP contribution in [0.1, 0.15) is 54.4 Å². The normalized spacial score (nSPS) is 12.4. The molecule has 4 heteroatoms. The van der Waals surface area contributed by atoms with E-state index in [1.165, 1.54) is 0 Å². The Kier molecular flexibility index (Phi) is 5.00. The first kappa shape index (κ1) is 16.7. The summed E-state index contributed by atoms with van der Waals surface area (Å²) in [5.41, 5.74) is -1.19. The average molecular weight is 286 g/mol. The Labute approximate surface area is 120 Å². The van der Waals surface area contributed by atoms with E-state index in [4.69, 9.17) is 9.47 Å². The summed E-state index contributed by atoms with van der Waals surface area (Å²) in [4.78, 5) is 0. The van der Waals surface area contributed by atoms with Crippen LogP contribution in [0.5, 0.6) is 11.5 Å². The molecule has 0 bridgehead atoms. The van der Waals surface area contributed by atoms with Crippen LogP contribution in [0.2, 0.25) is 0 Å². The summed E-state index contributed by atoms with van der Waals surface area (Å²) in [5, 5.41) is 0. The van der Waals surface area contributed by atoms with E-state index < -0.39 is 22.8 Å². The summed E-state index contributed by atoms with van der Waals surface area (Å²) in [6, 6.07) is 2.12. The van der Waals surface area contributed by atoms with Gasteiger partial charge in [-0.25, -0.2) is 8.78 Å². The van der Waals surface area contributed by atoms with E-state index in [-0.39, 0.29) is 11.5 Å². The molecule has 1 aromatic rings. The number of hydrogen-bond acceptors (Lipinski definition) is 2. The van der Waals surface area contributed by atoms with Crippen LogP contribution in [-0.4, -0.2) is 11.2 Å². The third-order valence-corrected chi connectivity index (χ3v) is 3.48. The Morgan fingerprint density at radius 3 is 1.35 bits per heavy atom. The van der Waals surface area contributed by atoms with E-state index in [0.717, 1.165) is 12.1 Å². The van der Waals surface area contributed by atoms with Gasteiger partial charge in [-0.05, 0) is 52.7 Å². The van der Waals surface area contributed by atoms with Crippen LogP contribution in [-0.2, 0) is 0 Å². The molecule has 0 amide bonds. The molecule has 114 valence electrons. The third kappa shape index (κ3) is 4.09. The zero-order valence-electron chi connectivity index (χ0n) is 13.1. The summed E-state index contributed by atoms with van der Waals surface area (Å²) < 4.78 is 39.3. The van der Waals surface area contributed by atoms with Crippen molar-refractivity contribution in [1.29, 1.82) is 0 Å². The molecule has 1 rings (SSSR count).